The third-order valence-corrected chi connectivity index (χ3v) is 3.87. The van der Waals surface area contributed by atoms with Crippen molar-refractivity contribution in [1.82, 2.24) is 4.90 Å². The lowest BCUT2D eigenvalue weighted by atomic mass is 9.88. The van der Waals surface area contributed by atoms with Gasteiger partial charge in [0, 0.05) is 18.7 Å². The Balaban J connectivity index is 1.88. The van der Waals surface area contributed by atoms with E-state index in [0.717, 1.165) is 31.6 Å². The maximum absolute atomic E-state index is 12.2. The van der Waals surface area contributed by atoms with Crippen LogP contribution in [0.4, 0.5) is 0 Å². The van der Waals surface area contributed by atoms with Gasteiger partial charge in [-0.1, -0.05) is 20.3 Å². The number of hydrogen-bond donors (Lipinski definition) is 1. The van der Waals surface area contributed by atoms with Crippen LogP contribution in [0.15, 0.2) is 24.3 Å². The summed E-state index contributed by atoms with van der Waals surface area (Å²) in [6, 6.07) is 7.37. The summed E-state index contributed by atoms with van der Waals surface area (Å²) in [6.45, 7) is 6.21. The lowest BCUT2D eigenvalue weighted by Gasteiger charge is -2.47. The standard InChI is InChI=1S/C16H24N2O2/c1-3-5-10-20-14-8-6-13(7-9-14)15(19)18-11-16(17,4-2)12-18/h6-9H,3-5,10-12,17H2,1-2H3. The van der Waals surface area contributed by atoms with Crippen molar-refractivity contribution in [2.45, 2.75) is 38.6 Å². The van der Waals surface area contributed by atoms with Crippen molar-refractivity contribution in [2.75, 3.05) is 19.7 Å². The van der Waals surface area contributed by atoms with Crippen LogP contribution in [0.3, 0.4) is 0 Å². The molecule has 0 unspecified atom stereocenters. The van der Waals surface area contributed by atoms with Crippen LogP contribution in [0.5, 0.6) is 5.75 Å². The lowest BCUT2D eigenvalue weighted by Crippen LogP contribution is -2.68. The highest BCUT2D eigenvalue weighted by Gasteiger charge is 2.40. The number of unbranched alkanes of at least 4 members (excludes halogenated alkanes) is 1. The van der Waals surface area contributed by atoms with E-state index in [4.69, 9.17) is 10.5 Å². The third kappa shape index (κ3) is 3.31. The van der Waals surface area contributed by atoms with Crippen molar-refractivity contribution in [3.05, 3.63) is 29.8 Å². The normalized spacial score (nSPS) is 16.6. The second kappa shape index (κ2) is 6.27. The molecular weight excluding hydrogens is 252 g/mol. The van der Waals surface area contributed by atoms with E-state index < -0.39 is 0 Å². The van der Waals surface area contributed by atoms with Crippen molar-refractivity contribution in [1.29, 1.82) is 0 Å². The minimum Gasteiger partial charge on any atom is -0.494 e. The number of carbonyl (C=O) groups excluding carboxylic acids is 1. The second-order valence-corrected chi connectivity index (χ2v) is 5.60. The summed E-state index contributed by atoms with van der Waals surface area (Å²) in [5.74, 6) is 0.875. The molecule has 2 rings (SSSR count). The number of likely N-dealkylation sites (tertiary alicyclic amines) is 1. The molecule has 1 aliphatic heterocycles. The molecule has 0 spiro atoms. The first-order chi connectivity index (χ1) is 9.58. The molecular formula is C16H24N2O2. The van der Waals surface area contributed by atoms with E-state index in [1.807, 2.05) is 24.3 Å². The molecule has 0 saturated carbocycles. The van der Waals surface area contributed by atoms with Gasteiger partial charge < -0.3 is 15.4 Å². The molecule has 1 aliphatic rings. The first kappa shape index (κ1) is 14.9. The Morgan fingerprint density at radius 2 is 1.95 bits per heavy atom. The minimum absolute atomic E-state index is 0.0552. The molecule has 1 amide bonds. The number of benzene rings is 1. The fraction of sp³-hybridized carbons (Fsp3) is 0.562. The van der Waals surface area contributed by atoms with Gasteiger partial charge in [-0.3, -0.25) is 4.79 Å². The second-order valence-electron chi connectivity index (χ2n) is 5.60. The van der Waals surface area contributed by atoms with E-state index in [9.17, 15) is 4.79 Å². The quantitative estimate of drug-likeness (QED) is 0.812. The fourth-order valence-electron chi connectivity index (χ4n) is 2.29. The maximum Gasteiger partial charge on any atom is 0.253 e. The topological polar surface area (TPSA) is 55.6 Å². The Labute approximate surface area is 120 Å². The average Bonchev–Trinajstić information content (AvgIpc) is 2.44. The molecule has 1 saturated heterocycles. The summed E-state index contributed by atoms with van der Waals surface area (Å²) in [7, 11) is 0. The SMILES string of the molecule is CCCCOc1ccc(C(=O)N2CC(N)(CC)C2)cc1. The predicted molar refractivity (Wildman–Crippen MR) is 80.0 cm³/mol. The van der Waals surface area contributed by atoms with Crippen LogP contribution in [0.1, 0.15) is 43.5 Å². The van der Waals surface area contributed by atoms with Crippen LogP contribution < -0.4 is 10.5 Å². The van der Waals surface area contributed by atoms with Crippen LogP contribution >= 0.6 is 0 Å². The molecule has 0 radical (unpaired) electrons. The zero-order chi connectivity index (χ0) is 14.6. The molecule has 0 aliphatic carbocycles. The number of ether oxygens (including phenoxy) is 1. The van der Waals surface area contributed by atoms with Crippen LogP contribution in [-0.4, -0.2) is 36.0 Å². The third-order valence-electron chi connectivity index (χ3n) is 3.87. The Morgan fingerprint density at radius 3 is 2.50 bits per heavy atom. The van der Waals surface area contributed by atoms with E-state index in [1.54, 1.807) is 4.90 Å². The molecule has 110 valence electrons. The highest BCUT2D eigenvalue weighted by atomic mass is 16.5. The molecule has 20 heavy (non-hydrogen) atoms. The van der Waals surface area contributed by atoms with Crippen LogP contribution in [-0.2, 0) is 0 Å². The van der Waals surface area contributed by atoms with Gasteiger partial charge in [-0.2, -0.15) is 0 Å². The first-order valence-corrected chi connectivity index (χ1v) is 7.39. The number of nitrogens with two attached hydrogens (primary N) is 1. The maximum atomic E-state index is 12.2. The van der Waals surface area contributed by atoms with Gasteiger partial charge in [0.2, 0.25) is 0 Å². The molecule has 1 fully saturated rings. The van der Waals surface area contributed by atoms with E-state index in [1.165, 1.54) is 0 Å². The molecule has 4 nitrogen and oxygen atoms in total. The molecule has 0 atom stereocenters. The molecule has 1 aromatic rings. The molecule has 2 N–H and O–H groups in total. The van der Waals surface area contributed by atoms with Crippen LogP contribution in [0.25, 0.3) is 0 Å². The van der Waals surface area contributed by atoms with E-state index in [-0.39, 0.29) is 11.4 Å². The van der Waals surface area contributed by atoms with Crippen molar-refractivity contribution < 1.29 is 9.53 Å². The lowest BCUT2D eigenvalue weighted by molar-refractivity contribution is 0.0401. The van der Waals surface area contributed by atoms with Crippen LogP contribution in [0.2, 0.25) is 0 Å². The molecule has 0 bridgehead atoms. The Kier molecular flexibility index (Phi) is 4.65. The zero-order valence-electron chi connectivity index (χ0n) is 12.4. The summed E-state index contributed by atoms with van der Waals surface area (Å²) in [4.78, 5) is 14.0. The Hall–Kier alpha value is -1.55. The molecule has 1 heterocycles. The number of nitrogens with zero attached hydrogens (tertiary/aromatic N) is 1. The minimum atomic E-state index is -0.182. The van der Waals surface area contributed by atoms with Gasteiger partial charge >= 0.3 is 0 Å². The monoisotopic (exact) mass is 276 g/mol. The smallest absolute Gasteiger partial charge is 0.253 e. The zero-order valence-corrected chi connectivity index (χ0v) is 12.4. The number of carbonyl (C=O) groups is 1. The summed E-state index contributed by atoms with van der Waals surface area (Å²) < 4.78 is 5.59. The van der Waals surface area contributed by atoms with E-state index in [2.05, 4.69) is 13.8 Å². The van der Waals surface area contributed by atoms with Crippen molar-refractivity contribution in [3.63, 3.8) is 0 Å². The Bertz CT molecular complexity index is 450. The number of rotatable bonds is 6. The largest absolute Gasteiger partial charge is 0.494 e. The van der Waals surface area contributed by atoms with Gasteiger partial charge in [-0.25, -0.2) is 0 Å². The van der Waals surface area contributed by atoms with Gasteiger partial charge in [0.05, 0.1) is 12.1 Å². The van der Waals surface area contributed by atoms with Gasteiger partial charge in [-0.15, -0.1) is 0 Å². The van der Waals surface area contributed by atoms with Crippen molar-refractivity contribution in [2.24, 2.45) is 5.73 Å². The molecule has 0 aromatic heterocycles. The first-order valence-electron chi connectivity index (χ1n) is 7.39. The number of hydrogen-bond acceptors (Lipinski definition) is 3. The van der Waals surface area contributed by atoms with Crippen molar-refractivity contribution in [3.8, 4) is 5.75 Å². The van der Waals surface area contributed by atoms with Gasteiger partial charge in [0.1, 0.15) is 5.75 Å². The fourth-order valence-corrected chi connectivity index (χ4v) is 2.29. The highest BCUT2D eigenvalue weighted by Crippen LogP contribution is 2.24. The summed E-state index contributed by atoms with van der Waals surface area (Å²) >= 11 is 0. The Morgan fingerprint density at radius 1 is 1.30 bits per heavy atom. The summed E-state index contributed by atoms with van der Waals surface area (Å²) in [6.07, 6.45) is 3.06. The summed E-state index contributed by atoms with van der Waals surface area (Å²) in [5.41, 5.74) is 6.60. The summed E-state index contributed by atoms with van der Waals surface area (Å²) in [5, 5.41) is 0. The van der Waals surface area contributed by atoms with Gasteiger partial charge in [-0.05, 0) is 37.1 Å². The van der Waals surface area contributed by atoms with E-state index >= 15 is 0 Å². The molecule has 1 aromatic carbocycles. The van der Waals surface area contributed by atoms with Gasteiger partial charge in [0.15, 0.2) is 0 Å². The highest BCUT2D eigenvalue weighted by molar-refractivity contribution is 5.95. The van der Waals surface area contributed by atoms with E-state index in [0.29, 0.717) is 18.7 Å². The van der Waals surface area contributed by atoms with Crippen LogP contribution in [0, 0.1) is 0 Å². The van der Waals surface area contributed by atoms with Gasteiger partial charge in [0.25, 0.3) is 5.91 Å². The van der Waals surface area contributed by atoms with Crippen molar-refractivity contribution >= 4 is 5.91 Å². The average molecular weight is 276 g/mol. The molecule has 4 heteroatoms. The predicted octanol–water partition coefficient (Wildman–Crippen LogP) is 2.43. The number of amides is 1.